The predicted octanol–water partition coefficient (Wildman–Crippen LogP) is 3.59. The standard InChI is InChI=1S/C16H24N2/c1-10-7-8-11(2)15-13(10)14(12(3)18-15)16(4,5)9-17-6/h7-8,17-18H,9H2,1-6H3. The Morgan fingerprint density at radius 3 is 2.33 bits per heavy atom. The fourth-order valence-electron chi connectivity index (χ4n) is 3.11. The molecule has 0 fully saturated rings. The number of H-pyrrole nitrogens is 1. The van der Waals surface area contributed by atoms with Crippen LogP contribution in [0.4, 0.5) is 0 Å². The van der Waals surface area contributed by atoms with Gasteiger partial charge in [-0.05, 0) is 44.5 Å². The van der Waals surface area contributed by atoms with Gasteiger partial charge in [0.15, 0.2) is 0 Å². The lowest BCUT2D eigenvalue weighted by Crippen LogP contribution is -2.31. The van der Waals surface area contributed by atoms with Gasteiger partial charge in [-0.1, -0.05) is 26.0 Å². The Bertz CT molecular complexity index is 576. The number of nitrogens with one attached hydrogen (secondary N) is 2. The van der Waals surface area contributed by atoms with Crippen LogP contribution < -0.4 is 5.32 Å². The van der Waals surface area contributed by atoms with Crippen molar-refractivity contribution >= 4 is 10.9 Å². The zero-order valence-electron chi connectivity index (χ0n) is 12.4. The normalized spacial score (nSPS) is 12.3. The molecule has 0 saturated carbocycles. The van der Waals surface area contributed by atoms with E-state index in [-0.39, 0.29) is 5.41 Å². The average Bonchev–Trinajstić information content (AvgIpc) is 2.63. The van der Waals surface area contributed by atoms with Crippen LogP contribution in [-0.4, -0.2) is 18.6 Å². The van der Waals surface area contributed by atoms with Crippen molar-refractivity contribution in [1.82, 2.24) is 10.3 Å². The van der Waals surface area contributed by atoms with Gasteiger partial charge in [0.05, 0.1) is 0 Å². The summed E-state index contributed by atoms with van der Waals surface area (Å²) in [6, 6.07) is 4.42. The average molecular weight is 244 g/mol. The first kappa shape index (κ1) is 13.2. The van der Waals surface area contributed by atoms with Crippen LogP contribution in [0, 0.1) is 20.8 Å². The van der Waals surface area contributed by atoms with Crippen molar-refractivity contribution in [3.63, 3.8) is 0 Å². The van der Waals surface area contributed by atoms with Gasteiger partial charge >= 0.3 is 0 Å². The SMILES string of the molecule is CNCC(C)(C)c1c(C)[nH]c2c(C)ccc(C)c12. The van der Waals surface area contributed by atoms with Gasteiger partial charge in [-0.3, -0.25) is 0 Å². The van der Waals surface area contributed by atoms with Gasteiger partial charge in [-0.15, -0.1) is 0 Å². The minimum Gasteiger partial charge on any atom is -0.358 e. The molecule has 2 aromatic rings. The number of fused-ring (bicyclic) bond motifs is 1. The maximum Gasteiger partial charge on any atom is 0.0491 e. The first-order chi connectivity index (χ1) is 8.38. The molecule has 0 atom stereocenters. The van der Waals surface area contributed by atoms with Crippen LogP contribution in [0.3, 0.4) is 0 Å². The topological polar surface area (TPSA) is 27.8 Å². The third-order valence-electron chi connectivity index (χ3n) is 3.86. The third kappa shape index (κ3) is 1.95. The molecule has 2 nitrogen and oxygen atoms in total. The maximum absolute atomic E-state index is 3.57. The van der Waals surface area contributed by atoms with Gasteiger partial charge in [-0.25, -0.2) is 0 Å². The summed E-state index contributed by atoms with van der Waals surface area (Å²) in [5.74, 6) is 0. The second kappa shape index (κ2) is 4.43. The van der Waals surface area contributed by atoms with Gasteiger partial charge in [0.1, 0.15) is 0 Å². The number of hydrogen-bond acceptors (Lipinski definition) is 1. The smallest absolute Gasteiger partial charge is 0.0491 e. The van der Waals surface area contributed by atoms with Crippen LogP contribution in [0.15, 0.2) is 12.1 Å². The molecule has 0 bridgehead atoms. The molecule has 2 heteroatoms. The number of benzene rings is 1. The minimum atomic E-state index is 0.135. The van der Waals surface area contributed by atoms with Crippen molar-refractivity contribution in [3.8, 4) is 0 Å². The van der Waals surface area contributed by atoms with E-state index in [0.717, 1.165) is 6.54 Å². The second-order valence-corrected chi connectivity index (χ2v) is 5.99. The maximum atomic E-state index is 3.57. The Labute approximate surface area is 110 Å². The number of aryl methyl sites for hydroxylation is 3. The summed E-state index contributed by atoms with van der Waals surface area (Å²) in [7, 11) is 2.02. The zero-order chi connectivity index (χ0) is 13.5. The van der Waals surface area contributed by atoms with E-state index in [0.29, 0.717) is 0 Å². The summed E-state index contributed by atoms with van der Waals surface area (Å²) < 4.78 is 0. The van der Waals surface area contributed by atoms with Crippen molar-refractivity contribution < 1.29 is 0 Å². The molecule has 98 valence electrons. The molecule has 1 aromatic carbocycles. The highest BCUT2D eigenvalue weighted by molar-refractivity contribution is 5.91. The van der Waals surface area contributed by atoms with E-state index in [1.54, 1.807) is 0 Å². The molecule has 0 aliphatic carbocycles. The molecule has 0 saturated heterocycles. The van der Waals surface area contributed by atoms with Crippen LogP contribution in [0.2, 0.25) is 0 Å². The fourth-order valence-corrected chi connectivity index (χ4v) is 3.11. The highest BCUT2D eigenvalue weighted by Crippen LogP contribution is 2.36. The molecule has 1 aromatic heterocycles. The van der Waals surface area contributed by atoms with E-state index in [4.69, 9.17) is 0 Å². The first-order valence-electron chi connectivity index (χ1n) is 6.62. The number of rotatable bonds is 3. The van der Waals surface area contributed by atoms with Crippen LogP contribution in [0.5, 0.6) is 0 Å². The Morgan fingerprint density at radius 2 is 1.72 bits per heavy atom. The number of likely N-dealkylation sites (N-methyl/N-ethyl adjacent to an activating group) is 1. The number of aromatic amines is 1. The molecule has 0 aliphatic heterocycles. The van der Waals surface area contributed by atoms with E-state index in [1.807, 2.05) is 7.05 Å². The lowest BCUT2D eigenvalue weighted by molar-refractivity contribution is 0.495. The molecule has 0 aliphatic rings. The van der Waals surface area contributed by atoms with Gasteiger partial charge in [-0.2, -0.15) is 0 Å². The second-order valence-electron chi connectivity index (χ2n) is 5.99. The van der Waals surface area contributed by atoms with Crippen LogP contribution >= 0.6 is 0 Å². The zero-order valence-corrected chi connectivity index (χ0v) is 12.4. The fraction of sp³-hybridized carbons (Fsp3) is 0.500. The molecule has 1 heterocycles. The molecular weight excluding hydrogens is 220 g/mol. The van der Waals surface area contributed by atoms with E-state index >= 15 is 0 Å². The van der Waals surface area contributed by atoms with E-state index in [1.165, 1.54) is 33.3 Å². The monoisotopic (exact) mass is 244 g/mol. The summed E-state index contributed by atoms with van der Waals surface area (Å²) in [5.41, 5.74) is 6.86. The van der Waals surface area contributed by atoms with Gasteiger partial charge in [0.25, 0.3) is 0 Å². The summed E-state index contributed by atoms with van der Waals surface area (Å²) in [4.78, 5) is 3.57. The molecule has 0 amide bonds. The summed E-state index contributed by atoms with van der Waals surface area (Å²) in [6.45, 7) is 12.2. The van der Waals surface area contributed by atoms with E-state index < -0.39 is 0 Å². The molecule has 2 N–H and O–H groups in total. The molecular formula is C16H24N2. The van der Waals surface area contributed by atoms with Crippen LogP contribution in [0.1, 0.15) is 36.2 Å². The Hall–Kier alpha value is -1.28. The van der Waals surface area contributed by atoms with Crippen molar-refractivity contribution in [3.05, 3.63) is 34.5 Å². The Morgan fingerprint density at radius 1 is 1.11 bits per heavy atom. The molecule has 0 radical (unpaired) electrons. The summed E-state index contributed by atoms with van der Waals surface area (Å²) in [5, 5.41) is 4.72. The van der Waals surface area contributed by atoms with Crippen molar-refractivity contribution in [2.45, 2.75) is 40.0 Å². The van der Waals surface area contributed by atoms with Gasteiger partial charge in [0, 0.05) is 28.6 Å². The molecule has 0 spiro atoms. The Kier molecular flexibility index (Phi) is 3.24. The number of aromatic nitrogens is 1. The van der Waals surface area contributed by atoms with E-state index in [9.17, 15) is 0 Å². The molecule has 2 rings (SSSR count). The lowest BCUT2D eigenvalue weighted by atomic mass is 9.81. The first-order valence-corrected chi connectivity index (χ1v) is 6.62. The highest BCUT2D eigenvalue weighted by atomic mass is 14.8. The lowest BCUT2D eigenvalue weighted by Gasteiger charge is -2.26. The molecule has 18 heavy (non-hydrogen) atoms. The van der Waals surface area contributed by atoms with Crippen LogP contribution in [0.25, 0.3) is 10.9 Å². The molecule has 0 unspecified atom stereocenters. The van der Waals surface area contributed by atoms with Gasteiger partial charge in [0.2, 0.25) is 0 Å². The highest BCUT2D eigenvalue weighted by Gasteiger charge is 2.26. The van der Waals surface area contributed by atoms with Gasteiger partial charge < -0.3 is 10.3 Å². The minimum absolute atomic E-state index is 0.135. The largest absolute Gasteiger partial charge is 0.358 e. The van der Waals surface area contributed by atoms with Crippen molar-refractivity contribution in [2.24, 2.45) is 0 Å². The predicted molar refractivity (Wildman–Crippen MR) is 79.5 cm³/mol. The van der Waals surface area contributed by atoms with Crippen LogP contribution in [-0.2, 0) is 5.41 Å². The number of hydrogen-bond donors (Lipinski definition) is 2. The third-order valence-corrected chi connectivity index (χ3v) is 3.86. The van der Waals surface area contributed by atoms with Crippen molar-refractivity contribution in [2.75, 3.05) is 13.6 Å². The quantitative estimate of drug-likeness (QED) is 0.848. The summed E-state index contributed by atoms with van der Waals surface area (Å²) >= 11 is 0. The van der Waals surface area contributed by atoms with Crippen molar-refractivity contribution in [1.29, 1.82) is 0 Å². The van der Waals surface area contributed by atoms with E-state index in [2.05, 4.69) is 57.1 Å². The Balaban J connectivity index is 2.79. The summed E-state index contributed by atoms with van der Waals surface area (Å²) in [6.07, 6.45) is 0.